The quantitative estimate of drug-likeness (QED) is 0.472. The first kappa shape index (κ1) is 34.1. The van der Waals surface area contributed by atoms with Crippen molar-refractivity contribution in [3.8, 4) is 0 Å². The number of aliphatic hydroxyl groups is 1. The van der Waals surface area contributed by atoms with Crippen molar-refractivity contribution in [1.82, 2.24) is 9.80 Å². The molecule has 2 atom stereocenters. The third kappa shape index (κ3) is 12.1. The van der Waals surface area contributed by atoms with Crippen molar-refractivity contribution < 1.29 is 24.9 Å². The third-order valence-electron chi connectivity index (χ3n) is 7.17. The molecular formula is C32H50N4O5. The Balaban J connectivity index is 0.000000653. The molecule has 2 saturated heterocycles. The van der Waals surface area contributed by atoms with Crippen molar-refractivity contribution in [2.75, 3.05) is 55.6 Å². The van der Waals surface area contributed by atoms with Crippen molar-refractivity contribution in [3.63, 3.8) is 0 Å². The molecule has 9 nitrogen and oxygen atoms in total. The lowest BCUT2D eigenvalue weighted by molar-refractivity contribution is -0.135. The van der Waals surface area contributed by atoms with E-state index in [9.17, 15) is 5.11 Å². The molecule has 0 unspecified atom stereocenters. The van der Waals surface area contributed by atoms with Crippen LogP contribution < -0.4 is 9.80 Å². The zero-order valence-electron chi connectivity index (χ0n) is 25.9. The minimum absolute atomic E-state index is 0.438. The molecule has 0 aromatic heterocycles. The fraction of sp³-hybridized carbons (Fsp3) is 0.562. The summed E-state index contributed by atoms with van der Waals surface area (Å²) in [6.45, 7) is 20.9. The van der Waals surface area contributed by atoms with Crippen LogP contribution >= 0.6 is 0 Å². The van der Waals surface area contributed by atoms with Gasteiger partial charge < -0.3 is 25.1 Å². The van der Waals surface area contributed by atoms with E-state index in [0.29, 0.717) is 12.1 Å². The van der Waals surface area contributed by atoms with E-state index >= 15 is 0 Å². The first-order valence-electron chi connectivity index (χ1n) is 14.4. The highest BCUT2D eigenvalue weighted by Crippen LogP contribution is 2.30. The average Bonchev–Trinajstić information content (AvgIpc) is 2.84. The number of rotatable bonds is 6. The Bertz CT molecular complexity index is 1090. The zero-order chi connectivity index (χ0) is 30.7. The van der Waals surface area contributed by atoms with Gasteiger partial charge in [-0.1, -0.05) is 30.3 Å². The Hall–Kier alpha value is -3.14. The van der Waals surface area contributed by atoms with Gasteiger partial charge in [0.25, 0.3) is 11.9 Å². The molecule has 0 spiro atoms. The molecule has 2 aliphatic rings. The summed E-state index contributed by atoms with van der Waals surface area (Å²) >= 11 is 0. The summed E-state index contributed by atoms with van der Waals surface area (Å²) in [5.41, 5.74) is 4.82. The Morgan fingerprint density at radius 1 is 0.878 bits per heavy atom. The van der Waals surface area contributed by atoms with E-state index in [1.807, 2.05) is 13.8 Å². The molecule has 3 N–H and O–H groups in total. The molecule has 228 valence electrons. The predicted molar refractivity (Wildman–Crippen MR) is 166 cm³/mol. The molecule has 4 rings (SSSR count). The lowest BCUT2D eigenvalue weighted by atomic mass is 10.0. The molecule has 0 bridgehead atoms. The van der Waals surface area contributed by atoms with Crippen molar-refractivity contribution in [1.29, 1.82) is 0 Å². The van der Waals surface area contributed by atoms with Crippen LogP contribution in [-0.2, 0) is 16.1 Å². The maximum absolute atomic E-state index is 10.2. The highest BCUT2D eigenvalue weighted by Gasteiger charge is 2.28. The van der Waals surface area contributed by atoms with E-state index in [1.165, 1.54) is 22.5 Å². The zero-order valence-corrected chi connectivity index (χ0v) is 25.9. The predicted octanol–water partition coefficient (Wildman–Crippen LogP) is 4.17. The van der Waals surface area contributed by atoms with Crippen LogP contribution in [0.1, 0.15) is 52.7 Å². The molecule has 2 fully saturated rings. The first-order chi connectivity index (χ1) is 19.2. The van der Waals surface area contributed by atoms with Gasteiger partial charge in [0.15, 0.2) is 0 Å². The van der Waals surface area contributed by atoms with Gasteiger partial charge in [-0.3, -0.25) is 19.4 Å². The molecule has 9 heteroatoms. The van der Waals surface area contributed by atoms with E-state index in [4.69, 9.17) is 19.8 Å². The highest BCUT2D eigenvalue weighted by molar-refractivity contribution is 5.63. The SMILES string of the molecule is CC(=O)O.CC(=O)O.Cc1cc(N2CCN(CC(C)(C)O)C[C@@H]2C)ccc1N1CCN(Cc2ccccc2)[C@H](C)C1. The van der Waals surface area contributed by atoms with Gasteiger partial charge in [-0.15, -0.1) is 0 Å². The fourth-order valence-electron chi connectivity index (χ4n) is 5.55. The van der Waals surface area contributed by atoms with Crippen LogP contribution in [0, 0.1) is 6.92 Å². The summed E-state index contributed by atoms with van der Waals surface area (Å²) in [5, 5.41) is 25.0. The molecular weight excluding hydrogens is 520 g/mol. The number of β-amino-alcohol motifs (C(OH)–C–C–N with tert-alkyl or cyclic N) is 1. The van der Waals surface area contributed by atoms with Gasteiger partial charge in [0.1, 0.15) is 0 Å². The molecule has 41 heavy (non-hydrogen) atoms. The van der Waals surface area contributed by atoms with E-state index in [1.54, 1.807) is 0 Å². The van der Waals surface area contributed by atoms with Crippen molar-refractivity contribution in [2.24, 2.45) is 0 Å². The van der Waals surface area contributed by atoms with Gasteiger partial charge in [0.2, 0.25) is 0 Å². The molecule has 2 aromatic rings. The average molecular weight is 571 g/mol. The molecule has 0 radical (unpaired) electrons. The number of aryl methyl sites for hydroxylation is 1. The first-order valence-corrected chi connectivity index (χ1v) is 14.4. The molecule has 2 aliphatic heterocycles. The van der Waals surface area contributed by atoms with Crippen LogP contribution in [0.3, 0.4) is 0 Å². The summed E-state index contributed by atoms with van der Waals surface area (Å²) in [7, 11) is 0. The summed E-state index contributed by atoms with van der Waals surface area (Å²) in [4.78, 5) is 28.1. The number of carbonyl (C=O) groups is 2. The normalized spacial score (nSPS) is 19.9. The van der Waals surface area contributed by atoms with Gasteiger partial charge >= 0.3 is 0 Å². The number of carboxylic acid groups (broad SMARTS) is 2. The largest absolute Gasteiger partial charge is 0.481 e. The van der Waals surface area contributed by atoms with E-state index in [2.05, 4.69) is 88.9 Å². The van der Waals surface area contributed by atoms with Gasteiger partial charge in [0.05, 0.1) is 5.60 Å². The minimum atomic E-state index is -0.833. The summed E-state index contributed by atoms with van der Waals surface area (Å²) in [6, 6.07) is 18.8. The van der Waals surface area contributed by atoms with Crippen LogP contribution in [0.25, 0.3) is 0 Å². The second-order valence-electron chi connectivity index (χ2n) is 11.8. The number of benzene rings is 2. The Labute approximate surface area is 246 Å². The van der Waals surface area contributed by atoms with Crippen LogP contribution in [0.15, 0.2) is 48.5 Å². The van der Waals surface area contributed by atoms with Gasteiger partial charge in [-0.05, 0) is 63.9 Å². The van der Waals surface area contributed by atoms with Crippen molar-refractivity contribution >= 4 is 23.3 Å². The monoisotopic (exact) mass is 570 g/mol. The summed E-state index contributed by atoms with van der Waals surface area (Å²) in [6.07, 6.45) is 0. The number of hydrogen-bond donors (Lipinski definition) is 3. The van der Waals surface area contributed by atoms with E-state index < -0.39 is 17.5 Å². The second kappa shape index (κ2) is 15.7. The molecule has 2 heterocycles. The lowest BCUT2D eigenvalue weighted by Crippen LogP contribution is -2.54. The highest BCUT2D eigenvalue weighted by atomic mass is 16.4. The summed E-state index contributed by atoms with van der Waals surface area (Å²) < 4.78 is 0. The Morgan fingerprint density at radius 3 is 2.00 bits per heavy atom. The smallest absolute Gasteiger partial charge is 0.300 e. The van der Waals surface area contributed by atoms with Crippen molar-refractivity contribution in [3.05, 3.63) is 59.7 Å². The number of nitrogens with zero attached hydrogens (tertiary/aromatic N) is 4. The third-order valence-corrected chi connectivity index (χ3v) is 7.17. The van der Waals surface area contributed by atoms with Crippen LogP contribution in [-0.4, -0.2) is 101 Å². The molecule has 2 aromatic carbocycles. The van der Waals surface area contributed by atoms with Gasteiger partial charge in [0, 0.05) is 89.7 Å². The fourth-order valence-corrected chi connectivity index (χ4v) is 5.55. The summed E-state index contributed by atoms with van der Waals surface area (Å²) in [5.74, 6) is -1.67. The number of hydrogen-bond acceptors (Lipinski definition) is 7. The molecule has 0 saturated carbocycles. The number of piperazine rings is 2. The van der Waals surface area contributed by atoms with Crippen LogP contribution in [0.5, 0.6) is 0 Å². The van der Waals surface area contributed by atoms with Crippen LogP contribution in [0.2, 0.25) is 0 Å². The maximum atomic E-state index is 10.2. The number of anilines is 2. The van der Waals surface area contributed by atoms with Gasteiger partial charge in [-0.25, -0.2) is 0 Å². The van der Waals surface area contributed by atoms with Crippen LogP contribution in [0.4, 0.5) is 11.4 Å². The molecule has 0 aliphatic carbocycles. The topological polar surface area (TPSA) is 108 Å². The lowest BCUT2D eigenvalue weighted by Gasteiger charge is -2.43. The minimum Gasteiger partial charge on any atom is -0.481 e. The number of aliphatic carboxylic acids is 2. The Kier molecular flexibility index (Phi) is 13.1. The maximum Gasteiger partial charge on any atom is 0.300 e. The van der Waals surface area contributed by atoms with E-state index in [-0.39, 0.29) is 0 Å². The van der Waals surface area contributed by atoms with Gasteiger partial charge in [-0.2, -0.15) is 0 Å². The van der Waals surface area contributed by atoms with Crippen molar-refractivity contribution in [2.45, 2.75) is 72.7 Å². The van der Waals surface area contributed by atoms with E-state index in [0.717, 1.165) is 66.2 Å². The number of carboxylic acids is 2. The standard InChI is InChI=1S/C28H42N4O.2C2H4O2/c1-22-17-26(32-16-13-29(18-24(32)3)21-28(4,5)33)11-12-27(22)31-15-14-30(23(2)19-31)20-25-9-7-6-8-10-25;2*1-2(3)4/h6-12,17,23-24,33H,13-16,18-21H2,1-5H3;2*1H3,(H,3,4)/t23-,24+;;/m1../s1. The Morgan fingerprint density at radius 2 is 1.49 bits per heavy atom. The molecule has 0 amide bonds. The second-order valence-corrected chi connectivity index (χ2v) is 11.8.